The van der Waals surface area contributed by atoms with E-state index < -0.39 is 0 Å². The molecule has 2 amide bonds. The van der Waals surface area contributed by atoms with Crippen molar-refractivity contribution >= 4 is 23.2 Å². The summed E-state index contributed by atoms with van der Waals surface area (Å²) in [5.41, 5.74) is 2.07. The van der Waals surface area contributed by atoms with Crippen molar-refractivity contribution in [3.63, 3.8) is 0 Å². The quantitative estimate of drug-likeness (QED) is 0.901. The van der Waals surface area contributed by atoms with Gasteiger partial charge in [0.1, 0.15) is 0 Å². The number of amides is 2. The first-order valence-corrected chi connectivity index (χ1v) is 8.62. The van der Waals surface area contributed by atoms with E-state index in [4.69, 9.17) is 0 Å². The fourth-order valence-electron chi connectivity index (χ4n) is 3.24. The second-order valence-electron chi connectivity index (χ2n) is 6.24. The molecule has 2 N–H and O–H groups in total. The molecule has 0 bridgehead atoms. The minimum absolute atomic E-state index is 0.00696. The molecule has 1 aliphatic rings. The van der Waals surface area contributed by atoms with E-state index in [9.17, 15) is 9.59 Å². The summed E-state index contributed by atoms with van der Waals surface area (Å²) in [5, 5.41) is 6.20. The topological polar surface area (TPSA) is 61.4 Å². The molecule has 1 aliphatic heterocycles. The lowest BCUT2D eigenvalue weighted by Crippen LogP contribution is -2.45. The van der Waals surface area contributed by atoms with Gasteiger partial charge in [0.15, 0.2) is 0 Å². The molecule has 0 aliphatic carbocycles. The van der Waals surface area contributed by atoms with Crippen LogP contribution in [0.3, 0.4) is 0 Å². The monoisotopic (exact) mass is 337 g/mol. The first kappa shape index (κ1) is 17.2. The van der Waals surface area contributed by atoms with Crippen LogP contribution < -0.4 is 15.5 Å². The van der Waals surface area contributed by atoms with Crippen LogP contribution in [0.4, 0.5) is 11.4 Å². The molecule has 0 unspecified atom stereocenters. The Bertz CT molecular complexity index is 740. The van der Waals surface area contributed by atoms with Crippen molar-refractivity contribution in [3.05, 3.63) is 60.2 Å². The number of piperidine rings is 1. The molecule has 1 saturated heterocycles. The Hall–Kier alpha value is -2.66. The summed E-state index contributed by atoms with van der Waals surface area (Å²) >= 11 is 0. The highest BCUT2D eigenvalue weighted by molar-refractivity contribution is 6.05. The van der Waals surface area contributed by atoms with E-state index in [0.29, 0.717) is 5.56 Å². The van der Waals surface area contributed by atoms with Crippen LogP contribution >= 0.6 is 0 Å². The number of carbonyl (C=O) groups excluding carboxylic acids is 2. The van der Waals surface area contributed by atoms with Gasteiger partial charge in [0.25, 0.3) is 5.91 Å². The SMILES string of the molecule is CC(=O)N(c1cccc(C(=O)Nc2ccccc2)c1)C1CCNCC1. The van der Waals surface area contributed by atoms with Gasteiger partial charge in [-0.1, -0.05) is 24.3 Å². The minimum Gasteiger partial charge on any atom is -0.322 e. The van der Waals surface area contributed by atoms with Crippen LogP contribution in [0, 0.1) is 0 Å². The third kappa shape index (κ3) is 4.25. The standard InChI is InChI=1S/C20H23N3O2/c1-15(24)23(18-10-12-21-13-11-18)19-9-5-6-16(14-19)20(25)22-17-7-3-2-4-8-17/h2-9,14,18,21H,10-13H2,1H3,(H,22,25). The molecule has 25 heavy (non-hydrogen) atoms. The van der Waals surface area contributed by atoms with Crippen LogP contribution in [0.1, 0.15) is 30.1 Å². The first-order valence-electron chi connectivity index (χ1n) is 8.62. The molecular weight excluding hydrogens is 314 g/mol. The Balaban J connectivity index is 1.81. The number of nitrogens with zero attached hydrogens (tertiary/aromatic N) is 1. The average molecular weight is 337 g/mol. The number of para-hydroxylation sites is 1. The molecule has 130 valence electrons. The van der Waals surface area contributed by atoms with Crippen molar-refractivity contribution in [1.29, 1.82) is 0 Å². The fraction of sp³-hybridized carbons (Fsp3) is 0.300. The normalized spacial score (nSPS) is 14.8. The Kier molecular flexibility index (Phi) is 5.46. The van der Waals surface area contributed by atoms with Crippen LogP contribution in [0.5, 0.6) is 0 Å². The zero-order chi connectivity index (χ0) is 17.6. The third-order valence-corrected chi connectivity index (χ3v) is 4.43. The third-order valence-electron chi connectivity index (χ3n) is 4.43. The molecule has 1 heterocycles. The van der Waals surface area contributed by atoms with Gasteiger partial charge >= 0.3 is 0 Å². The van der Waals surface area contributed by atoms with Gasteiger partial charge in [-0.2, -0.15) is 0 Å². The van der Waals surface area contributed by atoms with E-state index in [2.05, 4.69) is 10.6 Å². The number of hydrogen-bond acceptors (Lipinski definition) is 3. The van der Waals surface area contributed by atoms with Gasteiger partial charge in [-0.05, 0) is 56.3 Å². The van der Waals surface area contributed by atoms with Gasteiger partial charge in [0, 0.05) is 29.9 Å². The van der Waals surface area contributed by atoms with Crippen molar-refractivity contribution in [2.45, 2.75) is 25.8 Å². The number of benzene rings is 2. The number of anilines is 2. The van der Waals surface area contributed by atoms with Gasteiger partial charge in [-0.25, -0.2) is 0 Å². The molecule has 0 aromatic heterocycles. The molecule has 0 atom stereocenters. The van der Waals surface area contributed by atoms with Crippen LogP contribution in [-0.4, -0.2) is 30.9 Å². The van der Waals surface area contributed by atoms with Crippen LogP contribution in [0.2, 0.25) is 0 Å². The molecule has 3 rings (SSSR count). The van der Waals surface area contributed by atoms with E-state index in [1.165, 1.54) is 0 Å². The summed E-state index contributed by atoms with van der Waals surface area (Å²) < 4.78 is 0. The van der Waals surface area contributed by atoms with Crippen molar-refractivity contribution in [1.82, 2.24) is 5.32 Å². The molecule has 0 spiro atoms. The molecule has 0 radical (unpaired) electrons. The molecule has 2 aromatic rings. The lowest BCUT2D eigenvalue weighted by atomic mass is 10.0. The lowest BCUT2D eigenvalue weighted by Gasteiger charge is -2.34. The van der Waals surface area contributed by atoms with Crippen molar-refractivity contribution in [2.75, 3.05) is 23.3 Å². The van der Waals surface area contributed by atoms with Crippen LogP contribution in [0.25, 0.3) is 0 Å². The zero-order valence-corrected chi connectivity index (χ0v) is 14.4. The second kappa shape index (κ2) is 7.94. The maximum Gasteiger partial charge on any atom is 0.255 e. The summed E-state index contributed by atoms with van der Waals surface area (Å²) in [6.45, 7) is 3.39. The fourth-order valence-corrected chi connectivity index (χ4v) is 3.24. The largest absolute Gasteiger partial charge is 0.322 e. The smallest absolute Gasteiger partial charge is 0.255 e. The highest BCUT2D eigenvalue weighted by atomic mass is 16.2. The zero-order valence-electron chi connectivity index (χ0n) is 14.4. The molecule has 0 saturated carbocycles. The summed E-state index contributed by atoms with van der Waals surface area (Å²) in [6, 6.07) is 16.8. The molecule has 5 heteroatoms. The maximum absolute atomic E-state index is 12.5. The highest BCUT2D eigenvalue weighted by Gasteiger charge is 2.25. The average Bonchev–Trinajstić information content (AvgIpc) is 2.63. The minimum atomic E-state index is -0.179. The lowest BCUT2D eigenvalue weighted by molar-refractivity contribution is -0.117. The number of hydrogen-bond donors (Lipinski definition) is 2. The summed E-state index contributed by atoms with van der Waals surface area (Å²) in [5.74, 6) is -0.172. The Morgan fingerprint density at radius 1 is 1.04 bits per heavy atom. The van der Waals surface area contributed by atoms with Gasteiger partial charge < -0.3 is 15.5 Å². The van der Waals surface area contributed by atoms with E-state index >= 15 is 0 Å². The molecule has 1 fully saturated rings. The Morgan fingerprint density at radius 2 is 1.76 bits per heavy atom. The predicted molar refractivity (Wildman–Crippen MR) is 99.9 cm³/mol. The van der Waals surface area contributed by atoms with E-state index in [1.54, 1.807) is 19.1 Å². The van der Waals surface area contributed by atoms with E-state index in [-0.39, 0.29) is 17.9 Å². The maximum atomic E-state index is 12.5. The Labute approximate surface area is 148 Å². The summed E-state index contributed by atoms with van der Waals surface area (Å²) in [7, 11) is 0. The van der Waals surface area contributed by atoms with Gasteiger partial charge in [0.05, 0.1) is 0 Å². The van der Waals surface area contributed by atoms with Crippen molar-refractivity contribution < 1.29 is 9.59 Å². The number of carbonyl (C=O) groups is 2. The molecule has 2 aromatic carbocycles. The number of nitrogens with one attached hydrogen (secondary N) is 2. The summed E-state index contributed by atoms with van der Waals surface area (Å²) in [6.07, 6.45) is 1.83. The first-order chi connectivity index (χ1) is 12.1. The number of rotatable bonds is 4. The summed E-state index contributed by atoms with van der Waals surface area (Å²) in [4.78, 5) is 26.6. The Morgan fingerprint density at radius 3 is 2.44 bits per heavy atom. The van der Waals surface area contributed by atoms with Crippen LogP contribution in [-0.2, 0) is 4.79 Å². The molecule has 5 nitrogen and oxygen atoms in total. The van der Waals surface area contributed by atoms with E-state index in [1.807, 2.05) is 47.4 Å². The van der Waals surface area contributed by atoms with Gasteiger partial charge in [0.2, 0.25) is 5.91 Å². The van der Waals surface area contributed by atoms with Crippen molar-refractivity contribution in [3.8, 4) is 0 Å². The van der Waals surface area contributed by atoms with Gasteiger partial charge in [-0.3, -0.25) is 9.59 Å². The van der Waals surface area contributed by atoms with Crippen molar-refractivity contribution in [2.24, 2.45) is 0 Å². The predicted octanol–water partition coefficient (Wildman–Crippen LogP) is 3.04. The van der Waals surface area contributed by atoms with Gasteiger partial charge in [-0.15, -0.1) is 0 Å². The van der Waals surface area contributed by atoms with Crippen LogP contribution in [0.15, 0.2) is 54.6 Å². The molecular formula is C20H23N3O2. The van der Waals surface area contributed by atoms with E-state index in [0.717, 1.165) is 37.3 Å². The highest BCUT2D eigenvalue weighted by Crippen LogP contribution is 2.23. The second-order valence-corrected chi connectivity index (χ2v) is 6.24.